The summed E-state index contributed by atoms with van der Waals surface area (Å²) in [4.78, 5) is 37.9. The first-order valence-electron chi connectivity index (χ1n) is 32.5. The molecule has 0 bridgehead atoms. The van der Waals surface area contributed by atoms with Crippen LogP contribution in [0.4, 0.5) is 0 Å². The lowest BCUT2D eigenvalue weighted by atomic mass is 10.0. The lowest BCUT2D eigenvalue weighted by Crippen LogP contribution is -2.30. The Morgan fingerprint density at radius 1 is 0.225 bits per heavy atom. The van der Waals surface area contributed by atoms with Gasteiger partial charge < -0.3 is 14.2 Å². The topological polar surface area (TPSA) is 78.9 Å². The van der Waals surface area contributed by atoms with Crippen molar-refractivity contribution < 1.29 is 28.6 Å². The van der Waals surface area contributed by atoms with Crippen LogP contribution in [-0.2, 0) is 28.6 Å². The molecule has 0 N–H and O–H groups in total. The molecule has 0 radical (unpaired) electrons. The first-order valence-corrected chi connectivity index (χ1v) is 32.5. The van der Waals surface area contributed by atoms with Crippen molar-refractivity contribution in [2.75, 3.05) is 13.2 Å². The molecule has 0 saturated heterocycles. The van der Waals surface area contributed by atoms with Gasteiger partial charge in [-0.1, -0.05) is 342 Å². The van der Waals surface area contributed by atoms with E-state index in [1.807, 2.05) is 0 Å². The number of carbonyl (C=O) groups is 3. The van der Waals surface area contributed by atoms with Gasteiger partial charge in [0.2, 0.25) is 0 Å². The highest BCUT2D eigenvalue weighted by Crippen LogP contribution is 2.19. The second-order valence-corrected chi connectivity index (χ2v) is 22.4. The fourth-order valence-corrected chi connectivity index (χ4v) is 10.2. The van der Waals surface area contributed by atoms with Crippen LogP contribution in [0.3, 0.4) is 0 Å². The van der Waals surface area contributed by atoms with Crippen LogP contribution < -0.4 is 0 Å². The molecular formula is C65H126O6. The lowest BCUT2D eigenvalue weighted by Gasteiger charge is -2.18. The minimum absolute atomic E-state index is 0.0622. The molecule has 0 fully saturated rings. The van der Waals surface area contributed by atoms with Gasteiger partial charge in [0.1, 0.15) is 13.2 Å². The Morgan fingerprint density at radius 3 is 0.563 bits per heavy atom. The summed E-state index contributed by atoms with van der Waals surface area (Å²) in [7, 11) is 0. The van der Waals surface area contributed by atoms with Crippen LogP contribution in [0.15, 0.2) is 0 Å². The Labute approximate surface area is 444 Å². The second kappa shape index (κ2) is 61.0. The van der Waals surface area contributed by atoms with E-state index >= 15 is 0 Å². The molecule has 0 aliphatic carbocycles. The molecule has 0 aromatic carbocycles. The maximum atomic E-state index is 12.7. The van der Waals surface area contributed by atoms with Crippen molar-refractivity contribution in [2.45, 2.75) is 386 Å². The van der Waals surface area contributed by atoms with Crippen molar-refractivity contribution >= 4 is 17.9 Å². The van der Waals surface area contributed by atoms with Crippen molar-refractivity contribution in [1.82, 2.24) is 0 Å². The first kappa shape index (κ1) is 69.4. The van der Waals surface area contributed by atoms with E-state index in [4.69, 9.17) is 14.2 Å². The summed E-state index contributed by atoms with van der Waals surface area (Å²) >= 11 is 0. The summed E-state index contributed by atoms with van der Waals surface area (Å²) in [5, 5.41) is 0. The Bertz CT molecular complexity index is 1060. The average Bonchev–Trinajstić information content (AvgIpc) is 3.37. The van der Waals surface area contributed by atoms with Crippen LogP contribution in [0.25, 0.3) is 0 Å². The van der Waals surface area contributed by atoms with Gasteiger partial charge in [0.25, 0.3) is 0 Å². The molecule has 6 heteroatoms. The number of carbonyl (C=O) groups excluding carboxylic acids is 3. The number of unbranched alkanes of at least 4 members (excludes halogenated alkanes) is 50. The minimum Gasteiger partial charge on any atom is -0.462 e. The molecule has 0 rings (SSSR count). The van der Waals surface area contributed by atoms with Crippen molar-refractivity contribution in [3.05, 3.63) is 0 Å². The van der Waals surface area contributed by atoms with Crippen LogP contribution in [-0.4, -0.2) is 37.2 Å². The van der Waals surface area contributed by atoms with Crippen molar-refractivity contribution in [2.24, 2.45) is 0 Å². The summed E-state index contributed by atoms with van der Waals surface area (Å²) in [6, 6.07) is 0. The van der Waals surface area contributed by atoms with Gasteiger partial charge >= 0.3 is 17.9 Å². The van der Waals surface area contributed by atoms with Gasteiger partial charge in [0, 0.05) is 19.3 Å². The molecule has 0 aliphatic heterocycles. The fourth-order valence-electron chi connectivity index (χ4n) is 10.2. The summed E-state index contributed by atoms with van der Waals surface area (Å²) in [6.45, 7) is 6.66. The van der Waals surface area contributed by atoms with Gasteiger partial charge in [0.15, 0.2) is 6.10 Å². The highest BCUT2D eigenvalue weighted by atomic mass is 16.6. The smallest absolute Gasteiger partial charge is 0.306 e. The summed E-state index contributed by atoms with van der Waals surface area (Å²) in [6.07, 6.45) is 70.3. The molecule has 6 nitrogen and oxygen atoms in total. The van der Waals surface area contributed by atoms with Crippen molar-refractivity contribution in [1.29, 1.82) is 0 Å². The Kier molecular flexibility index (Phi) is 59.6. The quantitative estimate of drug-likeness (QED) is 0.0343. The van der Waals surface area contributed by atoms with Crippen molar-refractivity contribution in [3.8, 4) is 0 Å². The lowest BCUT2D eigenvalue weighted by molar-refractivity contribution is -0.167. The molecule has 0 saturated carbocycles. The summed E-state index contributed by atoms with van der Waals surface area (Å²) in [5.74, 6) is -0.844. The van der Waals surface area contributed by atoms with E-state index in [1.165, 1.54) is 283 Å². The van der Waals surface area contributed by atoms with Crippen LogP contribution in [0.2, 0.25) is 0 Å². The van der Waals surface area contributed by atoms with Gasteiger partial charge in [0.05, 0.1) is 0 Å². The normalized spacial score (nSPS) is 11.9. The van der Waals surface area contributed by atoms with E-state index in [0.717, 1.165) is 57.8 Å². The molecule has 0 aromatic heterocycles. The molecule has 0 heterocycles. The Hall–Kier alpha value is -1.59. The highest BCUT2D eigenvalue weighted by Gasteiger charge is 2.19. The average molecular weight is 1000 g/mol. The van der Waals surface area contributed by atoms with E-state index in [2.05, 4.69) is 20.8 Å². The molecule has 71 heavy (non-hydrogen) atoms. The predicted octanol–water partition coefficient (Wildman–Crippen LogP) is 21.9. The third kappa shape index (κ3) is 59.2. The van der Waals surface area contributed by atoms with E-state index < -0.39 is 6.10 Å². The first-order chi connectivity index (χ1) is 35.0. The fraction of sp³-hybridized carbons (Fsp3) is 0.954. The zero-order valence-electron chi connectivity index (χ0n) is 48.5. The number of rotatable bonds is 61. The van der Waals surface area contributed by atoms with Crippen LogP contribution in [0.1, 0.15) is 380 Å². The minimum atomic E-state index is -0.759. The maximum absolute atomic E-state index is 12.7. The summed E-state index contributed by atoms with van der Waals surface area (Å²) < 4.78 is 16.8. The van der Waals surface area contributed by atoms with Gasteiger partial charge in [-0.2, -0.15) is 0 Å². The predicted molar refractivity (Wildman–Crippen MR) is 307 cm³/mol. The van der Waals surface area contributed by atoms with Gasteiger partial charge in [-0.3, -0.25) is 14.4 Å². The number of esters is 3. The highest BCUT2D eigenvalue weighted by molar-refractivity contribution is 5.71. The second-order valence-electron chi connectivity index (χ2n) is 22.4. The van der Waals surface area contributed by atoms with Gasteiger partial charge in [-0.25, -0.2) is 0 Å². The number of ether oxygens (including phenoxy) is 3. The number of hydrogen-bond donors (Lipinski definition) is 0. The van der Waals surface area contributed by atoms with Gasteiger partial charge in [-0.15, -0.1) is 0 Å². The van der Waals surface area contributed by atoms with E-state index in [9.17, 15) is 14.4 Å². The van der Waals surface area contributed by atoms with Crippen LogP contribution >= 0.6 is 0 Å². The molecular weight excluding hydrogens is 877 g/mol. The molecule has 1 atom stereocenters. The van der Waals surface area contributed by atoms with E-state index in [1.54, 1.807) is 0 Å². The third-order valence-corrected chi connectivity index (χ3v) is 15.1. The van der Waals surface area contributed by atoms with E-state index in [0.29, 0.717) is 19.3 Å². The number of hydrogen-bond acceptors (Lipinski definition) is 6. The Balaban J connectivity index is 3.81. The maximum Gasteiger partial charge on any atom is 0.306 e. The van der Waals surface area contributed by atoms with Gasteiger partial charge in [-0.05, 0) is 19.3 Å². The largest absolute Gasteiger partial charge is 0.462 e. The monoisotopic (exact) mass is 1000 g/mol. The molecule has 0 amide bonds. The molecule has 0 aromatic rings. The molecule has 1 unspecified atom stereocenters. The standard InChI is InChI=1S/C65H126O6/c1-4-7-10-13-16-19-21-22-23-24-25-26-27-28-29-30-31-32-33-34-35-36-37-38-39-40-41-42-43-44-45-47-49-52-55-58-64(67)70-61-62(60-69-63(66)57-54-51-48-18-15-12-9-6-3)71-65(68)59-56-53-50-46-20-17-14-11-8-5-2/h62H,4-61H2,1-3H3. The molecule has 0 aliphatic rings. The van der Waals surface area contributed by atoms with Crippen LogP contribution in [0, 0.1) is 0 Å². The molecule has 422 valence electrons. The zero-order chi connectivity index (χ0) is 51.4. The third-order valence-electron chi connectivity index (χ3n) is 15.1. The van der Waals surface area contributed by atoms with E-state index in [-0.39, 0.29) is 31.1 Å². The molecule has 0 spiro atoms. The Morgan fingerprint density at radius 2 is 0.380 bits per heavy atom. The van der Waals surface area contributed by atoms with Crippen molar-refractivity contribution in [3.63, 3.8) is 0 Å². The van der Waals surface area contributed by atoms with Crippen LogP contribution in [0.5, 0.6) is 0 Å². The summed E-state index contributed by atoms with van der Waals surface area (Å²) in [5.41, 5.74) is 0. The zero-order valence-corrected chi connectivity index (χ0v) is 48.5. The SMILES string of the molecule is CCCCCCCCCCCCCCCCCCCCCCCCCCCCCCCCCCCCCC(=O)OCC(COC(=O)CCCCCCCCCC)OC(=O)CCCCCCCCCCCC.